The fraction of sp³-hybridized carbons (Fsp3) is 0.300. The van der Waals surface area contributed by atoms with Crippen molar-refractivity contribution in [1.29, 1.82) is 0 Å². The first-order valence-electron chi connectivity index (χ1n) is 13.6. The Bertz CT molecular complexity index is 1880. The van der Waals surface area contributed by atoms with Gasteiger partial charge < -0.3 is 19.3 Å². The Morgan fingerprint density at radius 2 is 1.77 bits per heavy atom. The third kappa shape index (κ3) is 6.47. The molecule has 2 aromatic carbocycles. The second kappa shape index (κ2) is 11.9. The van der Waals surface area contributed by atoms with Crippen LogP contribution in [-0.2, 0) is 14.8 Å². The maximum Gasteiger partial charge on any atom is 0.410 e. The number of carbonyl (C=O) groups is 1. The Balaban J connectivity index is 1.43. The molecule has 12 nitrogen and oxygen atoms in total. The zero-order chi connectivity index (χ0) is 31.6. The number of carbonyl (C=O) groups excluding carboxylic acids is 1. The molecule has 14 heteroatoms. The molecule has 1 N–H and O–H groups in total. The molecule has 1 saturated heterocycles. The highest BCUT2D eigenvalue weighted by Crippen LogP contribution is 2.34. The van der Waals surface area contributed by atoms with E-state index >= 15 is 0 Å². The molecule has 1 aliphatic heterocycles. The van der Waals surface area contributed by atoms with Gasteiger partial charge in [0.2, 0.25) is 5.88 Å². The van der Waals surface area contributed by atoms with Crippen molar-refractivity contribution < 1.29 is 27.1 Å². The van der Waals surface area contributed by atoms with Gasteiger partial charge in [0.1, 0.15) is 34.1 Å². The number of hydrogen-bond acceptors (Lipinski definition) is 9. The van der Waals surface area contributed by atoms with Crippen molar-refractivity contribution in [2.45, 2.75) is 31.3 Å². The van der Waals surface area contributed by atoms with Gasteiger partial charge in [0.25, 0.3) is 10.0 Å². The molecule has 3 heterocycles. The van der Waals surface area contributed by atoms with Gasteiger partial charge >= 0.3 is 6.09 Å². The van der Waals surface area contributed by atoms with Crippen LogP contribution < -0.4 is 14.4 Å². The molecule has 0 aliphatic carbocycles. The summed E-state index contributed by atoms with van der Waals surface area (Å²) >= 11 is 0. The summed E-state index contributed by atoms with van der Waals surface area (Å²) in [6, 6.07) is 10.2. The molecule has 2 aromatic heterocycles. The van der Waals surface area contributed by atoms with Gasteiger partial charge in [-0.3, -0.25) is 4.72 Å². The number of hydrogen-bond donors (Lipinski definition) is 1. The van der Waals surface area contributed by atoms with Crippen LogP contribution in [-0.4, -0.2) is 73.3 Å². The Labute approximate surface area is 254 Å². The molecule has 1 aliphatic rings. The van der Waals surface area contributed by atoms with E-state index in [1.54, 1.807) is 11.0 Å². The molecule has 0 atom stereocenters. The summed E-state index contributed by atoms with van der Waals surface area (Å²) in [5.74, 6) is -0.368. The first-order valence-corrected chi connectivity index (χ1v) is 15.1. The number of halogens is 1. The predicted octanol–water partition coefficient (Wildman–Crippen LogP) is 5.25. The SMILES string of the molecule is [C-]#[N+]c1ccc(S(=O)(=O)Nc2cc(-c3ccc4ncnc(N5CCN(C(=O)OC(C)(C)C)CC5)c4c3)cnc2OC)c(F)c1. The zero-order valence-corrected chi connectivity index (χ0v) is 25.4. The van der Waals surface area contributed by atoms with E-state index in [1.807, 2.05) is 39.0 Å². The minimum absolute atomic E-state index is 0.00144. The lowest BCUT2D eigenvalue weighted by Crippen LogP contribution is -2.50. The second-order valence-corrected chi connectivity index (χ2v) is 12.6. The highest BCUT2D eigenvalue weighted by Gasteiger charge is 2.27. The minimum Gasteiger partial charge on any atom is -0.480 e. The Kier molecular flexibility index (Phi) is 8.25. The molecular weight excluding hydrogens is 589 g/mol. The number of methoxy groups -OCH3 is 1. The van der Waals surface area contributed by atoms with E-state index in [0.717, 1.165) is 17.5 Å². The van der Waals surface area contributed by atoms with Crippen molar-refractivity contribution in [3.05, 3.63) is 72.2 Å². The molecule has 0 radical (unpaired) electrons. The molecule has 0 unspecified atom stereocenters. The molecule has 5 rings (SSSR count). The van der Waals surface area contributed by atoms with Crippen molar-refractivity contribution in [3.8, 4) is 17.0 Å². The van der Waals surface area contributed by atoms with Gasteiger partial charge in [0.15, 0.2) is 5.69 Å². The Hall–Kier alpha value is -5.03. The van der Waals surface area contributed by atoms with Crippen LogP contribution in [0.25, 0.3) is 26.9 Å². The van der Waals surface area contributed by atoms with E-state index in [2.05, 4.69) is 29.4 Å². The number of amides is 1. The summed E-state index contributed by atoms with van der Waals surface area (Å²) in [5, 5.41) is 0.760. The standard InChI is InChI=1S/C30H30FN7O5S/c1-30(2,3)43-29(39)38-12-10-37(11-13-38)27-22-14-19(6-8-24(22)34-18-35-27)20-15-25(28(42-5)33-17-20)36-44(40,41)26-9-7-21(32-4)16-23(26)31/h6-9,14-18,36H,10-13H2,1-3,5H3. The molecule has 4 aromatic rings. The average Bonchev–Trinajstić information content (AvgIpc) is 2.99. The first-order chi connectivity index (χ1) is 20.9. The highest BCUT2D eigenvalue weighted by molar-refractivity contribution is 7.92. The number of piperazine rings is 1. The van der Waals surface area contributed by atoms with E-state index in [9.17, 15) is 17.6 Å². The van der Waals surface area contributed by atoms with E-state index in [4.69, 9.17) is 16.0 Å². The van der Waals surface area contributed by atoms with Crippen molar-refractivity contribution in [1.82, 2.24) is 19.9 Å². The Morgan fingerprint density at radius 1 is 1.02 bits per heavy atom. The van der Waals surface area contributed by atoms with E-state index in [1.165, 1.54) is 25.7 Å². The number of ether oxygens (including phenoxy) is 2. The number of nitrogens with one attached hydrogen (secondary N) is 1. The van der Waals surface area contributed by atoms with Gasteiger partial charge in [-0.05, 0) is 56.7 Å². The maximum atomic E-state index is 14.6. The highest BCUT2D eigenvalue weighted by atomic mass is 32.2. The maximum absolute atomic E-state index is 14.6. The number of anilines is 2. The van der Waals surface area contributed by atoms with Crippen LogP contribution >= 0.6 is 0 Å². The minimum atomic E-state index is -4.39. The summed E-state index contributed by atoms with van der Waals surface area (Å²) in [4.78, 5) is 32.0. The topological polar surface area (TPSA) is 131 Å². The summed E-state index contributed by atoms with van der Waals surface area (Å²) < 4.78 is 53.9. The molecule has 44 heavy (non-hydrogen) atoms. The molecular formula is C30H30FN7O5S. The van der Waals surface area contributed by atoms with Gasteiger partial charge in [0.05, 0.1) is 19.2 Å². The van der Waals surface area contributed by atoms with Crippen LogP contribution in [0.15, 0.2) is 59.9 Å². The van der Waals surface area contributed by atoms with Gasteiger partial charge in [-0.2, -0.15) is 0 Å². The number of nitrogens with zero attached hydrogens (tertiary/aromatic N) is 6. The smallest absolute Gasteiger partial charge is 0.410 e. The molecule has 0 bridgehead atoms. The van der Waals surface area contributed by atoms with E-state index in [0.29, 0.717) is 48.6 Å². The van der Waals surface area contributed by atoms with E-state index in [-0.39, 0.29) is 23.3 Å². The van der Waals surface area contributed by atoms with Crippen LogP contribution in [0.2, 0.25) is 0 Å². The lowest BCUT2D eigenvalue weighted by molar-refractivity contribution is 0.0240. The Morgan fingerprint density at radius 3 is 2.43 bits per heavy atom. The number of fused-ring (bicyclic) bond motifs is 1. The quantitative estimate of drug-likeness (QED) is 0.288. The predicted molar refractivity (Wildman–Crippen MR) is 163 cm³/mol. The zero-order valence-electron chi connectivity index (χ0n) is 24.5. The summed E-state index contributed by atoms with van der Waals surface area (Å²) in [7, 11) is -3.05. The van der Waals surface area contributed by atoms with Gasteiger partial charge in [-0.1, -0.05) is 12.1 Å². The molecule has 0 spiro atoms. The first kappa shape index (κ1) is 30.4. The third-order valence-electron chi connectivity index (χ3n) is 6.80. The lowest BCUT2D eigenvalue weighted by Gasteiger charge is -2.36. The number of benzene rings is 2. The van der Waals surface area contributed by atoms with Gasteiger partial charge in [-0.15, -0.1) is 0 Å². The molecule has 1 amide bonds. The number of sulfonamides is 1. The third-order valence-corrected chi connectivity index (χ3v) is 8.20. The summed E-state index contributed by atoms with van der Waals surface area (Å²) in [6.07, 6.45) is 2.67. The molecule has 1 fully saturated rings. The largest absolute Gasteiger partial charge is 0.480 e. The summed E-state index contributed by atoms with van der Waals surface area (Å²) in [5.41, 5.74) is 1.36. The molecule has 228 valence electrons. The van der Waals surface area contributed by atoms with Crippen molar-refractivity contribution in [3.63, 3.8) is 0 Å². The van der Waals surface area contributed by atoms with Crippen molar-refractivity contribution >= 4 is 44.2 Å². The monoisotopic (exact) mass is 619 g/mol. The van der Waals surface area contributed by atoms with Crippen LogP contribution in [0.3, 0.4) is 0 Å². The van der Waals surface area contributed by atoms with Crippen LogP contribution in [0.1, 0.15) is 20.8 Å². The van der Waals surface area contributed by atoms with Gasteiger partial charge in [-0.25, -0.2) is 37.4 Å². The van der Waals surface area contributed by atoms with Crippen molar-refractivity contribution in [2.75, 3.05) is 42.9 Å². The fourth-order valence-electron chi connectivity index (χ4n) is 4.72. The van der Waals surface area contributed by atoms with Crippen LogP contribution in [0.4, 0.5) is 26.4 Å². The number of pyridine rings is 1. The van der Waals surface area contributed by atoms with Crippen LogP contribution in [0, 0.1) is 12.4 Å². The van der Waals surface area contributed by atoms with E-state index < -0.39 is 26.3 Å². The number of aromatic nitrogens is 3. The fourth-order valence-corrected chi connectivity index (χ4v) is 5.83. The summed E-state index contributed by atoms with van der Waals surface area (Å²) in [6.45, 7) is 14.5. The molecule has 0 saturated carbocycles. The second-order valence-electron chi connectivity index (χ2n) is 11.0. The normalized spacial score (nSPS) is 13.8. The number of rotatable bonds is 6. The van der Waals surface area contributed by atoms with Gasteiger partial charge in [0, 0.05) is 43.3 Å². The average molecular weight is 620 g/mol. The van der Waals surface area contributed by atoms with Crippen LogP contribution in [0.5, 0.6) is 5.88 Å². The van der Waals surface area contributed by atoms with Crippen molar-refractivity contribution in [2.24, 2.45) is 0 Å². The lowest BCUT2D eigenvalue weighted by atomic mass is 10.0.